The number of amides is 1. The zero-order valence-electron chi connectivity index (χ0n) is 13.8. The summed E-state index contributed by atoms with van der Waals surface area (Å²) in [5, 5.41) is 27.4. The quantitative estimate of drug-likeness (QED) is 0.180. The summed E-state index contributed by atoms with van der Waals surface area (Å²) in [6, 6.07) is -1.41. The molecule has 0 saturated carbocycles. The molecule has 6 N–H and O–H groups in total. The predicted molar refractivity (Wildman–Crippen MR) is 96.4 cm³/mol. The fourth-order valence-corrected chi connectivity index (χ4v) is 4.46. The van der Waals surface area contributed by atoms with Crippen molar-refractivity contribution in [1.29, 1.82) is 0 Å². The molecule has 1 aromatic heterocycles. The van der Waals surface area contributed by atoms with Crippen LogP contribution < -0.4 is 16.4 Å². The highest BCUT2D eigenvalue weighted by Gasteiger charge is 2.41. The predicted octanol–water partition coefficient (Wildman–Crippen LogP) is -0.665. The number of anilines is 1. The van der Waals surface area contributed by atoms with E-state index >= 15 is 0 Å². The number of thiazole rings is 1. The van der Waals surface area contributed by atoms with Crippen LogP contribution in [0.5, 0.6) is 0 Å². The van der Waals surface area contributed by atoms with Crippen molar-refractivity contribution in [2.24, 2.45) is 5.16 Å². The largest absolute Gasteiger partial charge is 0.480 e. The molecule has 27 heavy (non-hydrogen) atoms. The zero-order valence-corrected chi connectivity index (χ0v) is 15.5. The molecule has 11 nitrogen and oxygen atoms in total. The summed E-state index contributed by atoms with van der Waals surface area (Å²) >= 11 is 2.24. The second-order valence-corrected chi connectivity index (χ2v) is 7.65. The molecule has 0 spiro atoms. The lowest BCUT2D eigenvalue weighted by Crippen LogP contribution is -2.55. The minimum atomic E-state index is -1.41. The number of nitrogens with one attached hydrogen (secondary N) is 2. The maximum Gasteiger partial charge on any atom is 0.355 e. The van der Waals surface area contributed by atoms with Gasteiger partial charge in [0.25, 0.3) is 5.91 Å². The molecule has 3 atom stereocenters. The summed E-state index contributed by atoms with van der Waals surface area (Å²) in [5.74, 6) is -2.45. The first-order valence-corrected chi connectivity index (χ1v) is 9.54. The first-order valence-electron chi connectivity index (χ1n) is 7.61. The SMILES string of the molecule is C[C@H]1OC(=O)C2=C1CS[C@H]([C@H](NC(=O)/C(=N\O)c1csc(N)n1)C(=O)O)N2. The Morgan fingerprint density at radius 2 is 2.30 bits per heavy atom. The number of carboxylic acid groups (broad SMARTS) is 1. The molecule has 0 radical (unpaired) electrons. The van der Waals surface area contributed by atoms with Gasteiger partial charge in [0, 0.05) is 16.7 Å². The number of nitrogens with zero attached hydrogens (tertiary/aromatic N) is 2. The molecule has 144 valence electrons. The Hall–Kier alpha value is -2.80. The van der Waals surface area contributed by atoms with Crippen LogP contribution in [0.1, 0.15) is 12.6 Å². The van der Waals surface area contributed by atoms with Crippen molar-refractivity contribution in [1.82, 2.24) is 15.6 Å². The molecule has 1 amide bonds. The molecule has 1 aromatic rings. The third-order valence-electron chi connectivity index (χ3n) is 3.94. The Labute approximate surface area is 160 Å². The van der Waals surface area contributed by atoms with Gasteiger partial charge in [-0.25, -0.2) is 14.6 Å². The van der Waals surface area contributed by atoms with Gasteiger partial charge >= 0.3 is 11.9 Å². The van der Waals surface area contributed by atoms with Gasteiger partial charge in [0.1, 0.15) is 22.9 Å². The number of carboxylic acids is 1. The number of esters is 1. The molecular weight excluding hydrogens is 398 g/mol. The fraction of sp³-hybridized carbons (Fsp3) is 0.357. The van der Waals surface area contributed by atoms with E-state index in [1.807, 2.05) is 0 Å². The molecule has 2 aliphatic rings. The van der Waals surface area contributed by atoms with Gasteiger partial charge in [-0.1, -0.05) is 5.16 Å². The number of hydrogen-bond acceptors (Lipinski definition) is 11. The van der Waals surface area contributed by atoms with Crippen LogP contribution in [0.3, 0.4) is 0 Å². The molecule has 13 heteroatoms. The average molecular weight is 413 g/mol. The molecule has 0 saturated heterocycles. The maximum atomic E-state index is 12.4. The van der Waals surface area contributed by atoms with E-state index in [1.165, 1.54) is 17.1 Å². The van der Waals surface area contributed by atoms with E-state index in [1.54, 1.807) is 6.92 Å². The van der Waals surface area contributed by atoms with Crippen molar-refractivity contribution in [2.45, 2.75) is 24.4 Å². The van der Waals surface area contributed by atoms with Gasteiger partial charge in [-0.15, -0.1) is 23.1 Å². The monoisotopic (exact) mass is 413 g/mol. The first kappa shape index (κ1) is 19.0. The third-order valence-corrected chi connectivity index (χ3v) is 5.84. The first-order chi connectivity index (χ1) is 12.8. The van der Waals surface area contributed by atoms with Gasteiger partial charge in [0.2, 0.25) is 0 Å². The highest BCUT2D eigenvalue weighted by atomic mass is 32.2. The van der Waals surface area contributed by atoms with Crippen molar-refractivity contribution in [3.8, 4) is 0 Å². The van der Waals surface area contributed by atoms with Crippen molar-refractivity contribution in [3.63, 3.8) is 0 Å². The summed E-state index contributed by atoms with van der Waals surface area (Å²) in [6.07, 6.45) is -0.380. The number of thioether (sulfide) groups is 1. The Morgan fingerprint density at radius 1 is 1.56 bits per heavy atom. The molecule has 3 heterocycles. The summed E-state index contributed by atoms with van der Waals surface area (Å²) in [7, 11) is 0. The second-order valence-electron chi connectivity index (χ2n) is 5.63. The van der Waals surface area contributed by atoms with E-state index < -0.39 is 35.0 Å². The summed E-state index contributed by atoms with van der Waals surface area (Å²) < 4.78 is 5.10. The Bertz CT molecular complexity index is 866. The van der Waals surface area contributed by atoms with Crippen molar-refractivity contribution < 1.29 is 29.4 Å². The summed E-state index contributed by atoms with van der Waals surface area (Å²) in [4.78, 5) is 39.8. The Morgan fingerprint density at radius 3 is 2.89 bits per heavy atom. The minimum Gasteiger partial charge on any atom is -0.480 e. The van der Waals surface area contributed by atoms with Gasteiger partial charge < -0.3 is 31.4 Å². The third kappa shape index (κ3) is 3.68. The normalized spacial score (nSPS) is 23.3. The van der Waals surface area contributed by atoms with Crippen LogP contribution >= 0.6 is 23.1 Å². The smallest absolute Gasteiger partial charge is 0.355 e. The van der Waals surface area contributed by atoms with Crippen LogP contribution in [0.4, 0.5) is 5.13 Å². The molecule has 0 aliphatic carbocycles. The molecule has 0 bridgehead atoms. The van der Waals surface area contributed by atoms with Gasteiger partial charge in [-0.05, 0) is 6.92 Å². The lowest BCUT2D eigenvalue weighted by molar-refractivity contribution is -0.142. The van der Waals surface area contributed by atoms with E-state index in [0.29, 0.717) is 5.75 Å². The van der Waals surface area contributed by atoms with Gasteiger partial charge in [-0.2, -0.15) is 0 Å². The number of carbonyl (C=O) groups excluding carboxylic acids is 2. The zero-order chi connectivity index (χ0) is 19.7. The number of rotatable bonds is 5. The van der Waals surface area contributed by atoms with E-state index in [9.17, 15) is 19.5 Å². The van der Waals surface area contributed by atoms with Crippen LogP contribution in [0.25, 0.3) is 0 Å². The van der Waals surface area contributed by atoms with Crippen LogP contribution in [-0.4, -0.2) is 62.1 Å². The van der Waals surface area contributed by atoms with Gasteiger partial charge in [0.05, 0.1) is 0 Å². The van der Waals surface area contributed by atoms with Crippen molar-refractivity contribution >= 4 is 51.8 Å². The van der Waals surface area contributed by atoms with E-state index in [-0.39, 0.29) is 22.6 Å². The minimum absolute atomic E-state index is 0.0177. The van der Waals surface area contributed by atoms with E-state index in [4.69, 9.17) is 15.7 Å². The van der Waals surface area contributed by atoms with Crippen LogP contribution in [0, 0.1) is 0 Å². The number of cyclic esters (lactones) is 1. The lowest BCUT2D eigenvalue weighted by atomic mass is 10.1. The number of hydrogen-bond donors (Lipinski definition) is 5. The van der Waals surface area contributed by atoms with E-state index in [0.717, 1.165) is 16.9 Å². The van der Waals surface area contributed by atoms with Crippen molar-refractivity contribution in [3.05, 3.63) is 22.3 Å². The molecule has 3 rings (SSSR count). The van der Waals surface area contributed by atoms with Gasteiger partial charge in [0.15, 0.2) is 16.9 Å². The standard InChI is InChI=1S/C14H15N5O6S2/c1-4-5-2-26-11(18-7(5)13(23)25-4)9(12(21)22)17-10(20)8(19-24)6-3-27-14(15)16-6/h3-4,9,11,18,24H,2H2,1H3,(H2,15,16)(H,17,20)(H,21,22)/b19-8-/t4-,9+,11-/m1/s1. The number of carbonyl (C=O) groups is 3. The number of aromatic nitrogens is 1. The number of nitrogens with two attached hydrogens (primary N) is 1. The number of aliphatic carboxylic acids is 1. The molecule has 0 unspecified atom stereocenters. The van der Waals surface area contributed by atoms with E-state index in [2.05, 4.69) is 20.8 Å². The lowest BCUT2D eigenvalue weighted by Gasteiger charge is -2.29. The molecule has 0 fully saturated rings. The number of ether oxygens (including phenoxy) is 1. The highest BCUT2D eigenvalue weighted by Crippen LogP contribution is 2.32. The highest BCUT2D eigenvalue weighted by molar-refractivity contribution is 8.00. The summed E-state index contributed by atoms with van der Waals surface area (Å²) in [5.41, 5.74) is 6.00. The summed E-state index contributed by atoms with van der Waals surface area (Å²) in [6.45, 7) is 1.73. The number of oxime groups is 1. The fourth-order valence-electron chi connectivity index (χ4n) is 2.60. The van der Waals surface area contributed by atoms with Crippen LogP contribution in [0.15, 0.2) is 21.8 Å². The average Bonchev–Trinajstić information content (AvgIpc) is 3.16. The van der Waals surface area contributed by atoms with Crippen molar-refractivity contribution in [2.75, 3.05) is 11.5 Å². The molecule has 2 aliphatic heterocycles. The van der Waals surface area contributed by atoms with Gasteiger partial charge in [-0.3, -0.25) is 4.79 Å². The Kier molecular flexibility index (Phi) is 5.23. The molecular formula is C14H15N5O6S2. The topological polar surface area (TPSA) is 176 Å². The van der Waals surface area contributed by atoms with Crippen LogP contribution in [0.2, 0.25) is 0 Å². The molecule has 0 aromatic carbocycles. The van der Waals surface area contributed by atoms with Crippen LogP contribution in [-0.2, 0) is 19.1 Å². The second kappa shape index (κ2) is 7.44. The maximum absolute atomic E-state index is 12.4. The number of nitrogen functional groups attached to an aromatic ring is 1. The Balaban J connectivity index is 1.77.